The van der Waals surface area contributed by atoms with Crippen LogP contribution in [-0.4, -0.2) is 36.0 Å². The van der Waals surface area contributed by atoms with Gasteiger partial charge in [0.1, 0.15) is 5.82 Å². The molecule has 108 valence electrons. The summed E-state index contributed by atoms with van der Waals surface area (Å²) in [6.45, 7) is 1.08. The number of benzene rings is 1. The summed E-state index contributed by atoms with van der Waals surface area (Å²) < 4.78 is 13.5. The minimum Gasteiger partial charge on any atom is -0.382 e. The number of likely N-dealkylation sites (N-methyl/N-ethyl adjacent to an activating group) is 1. The van der Waals surface area contributed by atoms with E-state index in [9.17, 15) is 9.18 Å². The molecule has 2 aromatic rings. The van der Waals surface area contributed by atoms with Crippen molar-refractivity contribution in [3.8, 4) is 0 Å². The number of carbonyl (C=O) groups is 1. The zero-order valence-corrected chi connectivity index (χ0v) is 11.5. The van der Waals surface area contributed by atoms with Gasteiger partial charge in [-0.05, 0) is 18.2 Å². The second-order valence-electron chi connectivity index (χ2n) is 4.80. The van der Waals surface area contributed by atoms with Gasteiger partial charge in [0.25, 0.3) is 5.91 Å². The van der Waals surface area contributed by atoms with E-state index in [4.69, 9.17) is 5.73 Å². The van der Waals surface area contributed by atoms with E-state index < -0.39 is 5.82 Å². The van der Waals surface area contributed by atoms with Crippen molar-refractivity contribution in [1.82, 2.24) is 9.97 Å². The molecule has 1 aliphatic heterocycles. The average molecular weight is 287 g/mol. The van der Waals surface area contributed by atoms with E-state index in [2.05, 4.69) is 9.97 Å². The molecule has 0 spiro atoms. The molecule has 0 bridgehead atoms. The lowest BCUT2D eigenvalue weighted by molar-refractivity contribution is 0.0982. The summed E-state index contributed by atoms with van der Waals surface area (Å²) in [4.78, 5) is 23.9. The van der Waals surface area contributed by atoms with Crippen LogP contribution in [0.5, 0.6) is 0 Å². The number of nitrogens with two attached hydrogens (primary N) is 1. The van der Waals surface area contributed by atoms with Crippen LogP contribution in [0.25, 0.3) is 0 Å². The van der Waals surface area contributed by atoms with Crippen LogP contribution in [0.1, 0.15) is 10.5 Å². The molecule has 0 radical (unpaired) electrons. The monoisotopic (exact) mass is 287 g/mol. The van der Waals surface area contributed by atoms with Crippen LogP contribution in [0.2, 0.25) is 0 Å². The van der Waals surface area contributed by atoms with Crippen molar-refractivity contribution in [2.75, 3.05) is 35.7 Å². The van der Waals surface area contributed by atoms with Crippen LogP contribution in [0.3, 0.4) is 0 Å². The molecule has 1 aromatic carbocycles. The lowest BCUT2D eigenvalue weighted by Crippen LogP contribution is -2.43. The number of amides is 1. The lowest BCUT2D eigenvalue weighted by Gasteiger charge is -2.35. The number of nitrogen functional groups attached to an aromatic ring is 1. The first-order valence-corrected chi connectivity index (χ1v) is 6.47. The molecule has 21 heavy (non-hydrogen) atoms. The molecule has 6 nitrogen and oxygen atoms in total. The van der Waals surface area contributed by atoms with Crippen molar-refractivity contribution in [3.63, 3.8) is 0 Å². The van der Waals surface area contributed by atoms with Crippen LogP contribution >= 0.6 is 0 Å². The van der Waals surface area contributed by atoms with Gasteiger partial charge in [0.2, 0.25) is 0 Å². The highest BCUT2D eigenvalue weighted by atomic mass is 19.1. The van der Waals surface area contributed by atoms with E-state index in [1.807, 2.05) is 11.9 Å². The zero-order valence-electron chi connectivity index (χ0n) is 11.5. The highest BCUT2D eigenvalue weighted by Gasteiger charge is 2.28. The molecule has 0 fully saturated rings. The van der Waals surface area contributed by atoms with E-state index in [-0.39, 0.29) is 17.4 Å². The van der Waals surface area contributed by atoms with Crippen LogP contribution in [0.4, 0.5) is 21.6 Å². The van der Waals surface area contributed by atoms with Gasteiger partial charge >= 0.3 is 0 Å². The van der Waals surface area contributed by atoms with Gasteiger partial charge in [-0.1, -0.05) is 0 Å². The second kappa shape index (κ2) is 5.01. The van der Waals surface area contributed by atoms with E-state index in [1.54, 1.807) is 6.07 Å². The van der Waals surface area contributed by atoms with E-state index in [1.165, 1.54) is 29.4 Å². The summed E-state index contributed by atoms with van der Waals surface area (Å²) in [7, 11) is 1.90. The predicted molar refractivity (Wildman–Crippen MR) is 77.8 cm³/mol. The Morgan fingerprint density at radius 2 is 2.00 bits per heavy atom. The first-order valence-electron chi connectivity index (χ1n) is 6.47. The molecule has 0 unspecified atom stereocenters. The number of nitrogens with zero attached hydrogens (tertiary/aromatic N) is 4. The number of hydrogen-bond acceptors (Lipinski definition) is 5. The Bertz CT molecular complexity index is 706. The quantitative estimate of drug-likeness (QED) is 0.855. The Balaban J connectivity index is 2.05. The summed E-state index contributed by atoms with van der Waals surface area (Å²) in [5.74, 6) is -0.700. The third-order valence-electron chi connectivity index (χ3n) is 3.47. The molecule has 2 N–H and O–H groups in total. The van der Waals surface area contributed by atoms with Crippen LogP contribution in [0, 0.1) is 5.82 Å². The molecule has 0 atom stereocenters. The molecular formula is C14H14FN5O. The van der Waals surface area contributed by atoms with Crippen molar-refractivity contribution < 1.29 is 9.18 Å². The van der Waals surface area contributed by atoms with Gasteiger partial charge in [-0.2, -0.15) is 0 Å². The number of fused-ring (bicyclic) bond motifs is 1. The number of carbonyl (C=O) groups excluding carboxylic acids is 1. The fraction of sp³-hybridized carbons (Fsp3) is 0.214. The highest BCUT2D eigenvalue weighted by molar-refractivity contribution is 6.09. The second-order valence-corrected chi connectivity index (χ2v) is 4.80. The maximum atomic E-state index is 13.5. The van der Waals surface area contributed by atoms with Gasteiger partial charge < -0.3 is 15.5 Å². The topological polar surface area (TPSA) is 75.3 Å². The summed E-state index contributed by atoms with van der Waals surface area (Å²) in [6.07, 6.45) is 2.83. The SMILES string of the molecule is CN1CCN(C(=O)c2nccnc2N)c2cc(F)ccc21. The summed E-state index contributed by atoms with van der Waals surface area (Å²) in [5, 5.41) is 0. The Morgan fingerprint density at radius 1 is 1.24 bits per heavy atom. The summed E-state index contributed by atoms with van der Waals surface area (Å²) in [5.41, 5.74) is 7.08. The number of rotatable bonds is 1. The third kappa shape index (κ3) is 2.26. The summed E-state index contributed by atoms with van der Waals surface area (Å²) >= 11 is 0. The minimum absolute atomic E-state index is 0.0689. The van der Waals surface area contributed by atoms with Gasteiger partial charge in [0, 0.05) is 32.5 Å². The average Bonchev–Trinajstić information content (AvgIpc) is 2.47. The van der Waals surface area contributed by atoms with Crippen molar-refractivity contribution in [3.05, 3.63) is 42.1 Å². The molecule has 3 rings (SSSR count). The number of halogens is 1. The van der Waals surface area contributed by atoms with Crippen LogP contribution in [0.15, 0.2) is 30.6 Å². The molecule has 1 aliphatic rings. The van der Waals surface area contributed by atoms with Gasteiger partial charge in [0.05, 0.1) is 11.4 Å². The van der Waals surface area contributed by atoms with Gasteiger partial charge in [0.15, 0.2) is 11.5 Å². The lowest BCUT2D eigenvalue weighted by atomic mass is 10.1. The van der Waals surface area contributed by atoms with E-state index in [0.29, 0.717) is 18.8 Å². The Hall–Kier alpha value is -2.70. The van der Waals surface area contributed by atoms with Crippen molar-refractivity contribution in [2.24, 2.45) is 0 Å². The number of aromatic nitrogens is 2. The molecule has 7 heteroatoms. The third-order valence-corrected chi connectivity index (χ3v) is 3.47. The Labute approximate surface area is 121 Å². The molecule has 0 saturated heterocycles. The van der Waals surface area contributed by atoms with Gasteiger partial charge in [-0.15, -0.1) is 0 Å². The fourth-order valence-electron chi connectivity index (χ4n) is 2.38. The minimum atomic E-state index is -0.394. The Morgan fingerprint density at radius 3 is 2.76 bits per heavy atom. The summed E-state index contributed by atoms with van der Waals surface area (Å²) in [6, 6.07) is 4.37. The molecule has 2 heterocycles. The molecule has 1 aromatic heterocycles. The van der Waals surface area contributed by atoms with Crippen molar-refractivity contribution in [1.29, 1.82) is 0 Å². The normalized spacial score (nSPS) is 14.0. The van der Waals surface area contributed by atoms with Gasteiger partial charge in [-0.25, -0.2) is 14.4 Å². The largest absolute Gasteiger partial charge is 0.382 e. The molecular weight excluding hydrogens is 273 g/mol. The highest BCUT2D eigenvalue weighted by Crippen LogP contribution is 2.33. The first-order chi connectivity index (χ1) is 10.1. The smallest absolute Gasteiger partial charge is 0.280 e. The zero-order chi connectivity index (χ0) is 15.0. The first kappa shape index (κ1) is 13.3. The van der Waals surface area contributed by atoms with E-state index in [0.717, 1.165) is 5.69 Å². The number of anilines is 3. The predicted octanol–water partition coefficient (Wildman–Crippen LogP) is 1.29. The Kier molecular flexibility index (Phi) is 3.17. The van der Waals surface area contributed by atoms with Crippen LogP contribution in [-0.2, 0) is 0 Å². The fourth-order valence-corrected chi connectivity index (χ4v) is 2.38. The molecule has 0 saturated carbocycles. The maximum Gasteiger partial charge on any atom is 0.280 e. The van der Waals surface area contributed by atoms with Crippen LogP contribution < -0.4 is 15.5 Å². The van der Waals surface area contributed by atoms with Crippen molar-refractivity contribution in [2.45, 2.75) is 0 Å². The molecule has 1 amide bonds. The standard InChI is InChI=1S/C14H14FN5O/c1-19-6-7-20(11-8-9(15)2-3-10(11)19)14(21)12-13(16)18-5-4-17-12/h2-5,8H,6-7H2,1H3,(H2,16,18). The molecule has 0 aliphatic carbocycles. The van der Waals surface area contributed by atoms with E-state index >= 15 is 0 Å². The van der Waals surface area contributed by atoms with Crippen molar-refractivity contribution >= 4 is 23.1 Å². The maximum absolute atomic E-state index is 13.5. The number of hydrogen-bond donors (Lipinski definition) is 1. The van der Waals surface area contributed by atoms with Gasteiger partial charge in [-0.3, -0.25) is 4.79 Å².